The van der Waals surface area contributed by atoms with Gasteiger partial charge in [-0.1, -0.05) is 0 Å². The molecule has 2 fully saturated rings. The molecule has 1 N–H and O–H groups in total. The number of aromatic nitrogens is 2. The van der Waals surface area contributed by atoms with Gasteiger partial charge >= 0.3 is 0 Å². The molecule has 0 unspecified atom stereocenters. The van der Waals surface area contributed by atoms with Gasteiger partial charge in [-0.15, -0.1) is 11.3 Å². The molecule has 0 atom stereocenters. The lowest BCUT2D eigenvalue weighted by Gasteiger charge is -2.45. The van der Waals surface area contributed by atoms with E-state index >= 15 is 0 Å². The Balaban J connectivity index is 1.28. The van der Waals surface area contributed by atoms with Crippen LogP contribution in [-0.4, -0.2) is 40.0 Å². The van der Waals surface area contributed by atoms with Crippen molar-refractivity contribution in [2.75, 3.05) is 18.4 Å². The fourth-order valence-electron chi connectivity index (χ4n) is 4.35. The van der Waals surface area contributed by atoms with E-state index < -0.39 is 0 Å². The maximum atomic E-state index is 11.1. The number of ether oxygens (including phenoxy) is 1. The van der Waals surface area contributed by atoms with Crippen molar-refractivity contribution < 1.29 is 9.53 Å². The highest BCUT2D eigenvalue weighted by Crippen LogP contribution is 2.49. The SMILES string of the molecule is CC(=O)Nc1ncc(CN2CCC3(CC(Oc4cc(C)nc(C)c4)C3)C2)s1. The number of amides is 1. The first-order valence-electron chi connectivity index (χ1n) is 9.46. The molecule has 1 amide bonds. The van der Waals surface area contributed by atoms with Crippen LogP contribution in [0.3, 0.4) is 0 Å². The molecule has 7 heteroatoms. The van der Waals surface area contributed by atoms with Crippen LogP contribution in [0.5, 0.6) is 5.75 Å². The van der Waals surface area contributed by atoms with E-state index in [9.17, 15) is 4.79 Å². The Morgan fingerprint density at radius 1 is 1.37 bits per heavy atom. The van der Waals surface area contributed by atoms with E-state index in [0.717, 1.165) is 49.6 Å². The third-order valence-corrected chi connectivity index (χ3v) is 6.31. The van der Waals surface area contributed by atoms with Crippen LogP contribution in [0.25, 0.3) is 0 Å². The zero-order valence-electron chi connectivity index (χ0n) is 16.1. The molecule has 3 heterocycles. The van der Waals surface area contributed by atoms with E-state index in [4.69, 9.17) is 4.74 Å². The van der Waals surface area contributed by atoms with Crippen molar-refractivity contribution in [3.8, 4) is 5.75 Å². The van der Waals surface area contributed by atoms with Gasteiger partial charge in [-0.05, 0) is 45.1 Å². The molecule has 1 saturated carbocycles. The highest BCUT2D eigenvalue weighted by Gasteiger charge is 2.49. The zero-order valence-corrected chi connectivity index (χ0v) is 16.9. The molecule has 0 bridgehead atoms. The van der Waals surface area contributed by atoms with Crippen LogP contribution in [0, 0.1) is 19.3 Å². The van der Waals surface area contributed by atoms with Gasteiger partial charge in [0.05, 0.1) is 6.10 Å². The van der Waals surface area contributed by atoms with Gasteiger partial charge in [0, 0.05) is 54.6 Å². The van der Waals surface area contributed by atoms with E-state index in [1.165, 1.54) is 18.2 Å². The molecule has 1 saturated heterocycles. The molecule has 2 aromatic rings. The van der Waals surface area contributed by atoms with Crippen LogP contribution in [0.4, 0.5) is 5.13 Å². The molecule has 4 rings (SSSR count). The Labute approximate surface area is 164 Å². The van der Waals surface area contributed by atoms with Gasteiger partial charge in [-0.2, -0.15) is 0 Å². The number of anilines is 1. The van der Waals surface area contributed by atoms with Gasteiger partial charge in [-0.3, -0.25) is 14.7 Å². The van der Waals surface area contributed by atoms with Crippen LogP contribution in [0.1, 0.15) is 42.5 Å². The number of pyridine rings is 1. The van der Waals surface area contributed by atoms with Crippen molar-refractivity contribution in [1.29, 1.82) is 0 Å². The second-order valence-electron chi connectivity index (χ2n) is 8.01. The van der Waals surface area contributed by atoms with Crippen LogP contribution in [-0.2, 0) is 11.3 Å². The van der Waals surface area contributed by atoms with E-state index in [2.05, 4.69) is 20.2 Å². The highest BCUT2D eigenvalue weighted by atomic mass is 32.1. The number of hydrogen-bond acceptors (Lipinski definition) is 6. The first-order chi connectivity index (χ1) is 12.9. The summed E-state index contributed by atoms with van der Waals surface area (Å²) in [6.07, 6.45) is 5.69. The molecular formula is C20H26N4O2S. The molecule has 27 heavy (non-hydrogen) atoms. The fraction of sp³-hybridized carbons (Fsp3) is 0.550. The standard InChI is InChI=1S/C20H26N4O2S/c1-13-6-16(7-14(2)22-13)26-17-8-20(9-17)4-5-24(12-20)11-18-10-21-19(27-18)23-15(3)25/h6-7,10,17H,4-5,8-9,11-12H2,1-3H3,(H,21,23,25). The van der Waals surface area contributed by atoms with E-state index in [1.807, 2.05) is 32.2 Å². The van der Waals surface area contributed by atoms with E-state index in [-0.39, 0.29) is 5.91 Å². The molecule has 2 aromatic heterocycles. The summed E-state index contributed by atoms with van der Waals surface area (Å²) in [5.74, 6) is 0.876. The molecule has 1 spiro atoms. The van der Waals surface area contributed by atoms with Crippen molar-refractivity contribution in [1.82, 2.24) is 14.9 Å². The van der Waals surface area contributed by atoms with Crippen molar-refractivity contribution in [2.24, 2.45) is 5.41 Å². The van der Waals surface area contributed by atoms with Gasteiger partial charge in [0.1, 0.15) is 5.75 Å². The molecule has 1 aliphatic carbocycles. The molecule has 0 aromatic carbocycles. The maximum absolute atomic E-state index is 11.1. The number of carbonyl (C=O) groups is 1. The van der Waals surface area contributed by atoms with E-state index in [0.29, 0.717) is 16.7 Å². The van der Waals surface area contributed by atoms with Gasteiger partial charge in [0.25, 0.3) is 0 Å². The summed E-state index contributed by atoms with van der Waals surface area (Å²) < 4.78 is 6.19. The number of hydrogen-bond donors (Lipinski definition) is 1. The molecular weight excluding hydrogens is 360 g/mol. The molecule has 2 aliphatic rings. The Bertz CT molecular complexity index is 824. The third-order valence-electron chi connectivity index (χ3n) is 5.41. The normalized spacial score (nSPS) is 24.8. The van der Waals surface area contributed by atoms with Crippen molar-refractivity contribution >= 4 is 22.4 Å². The maximum Gasteiger partial charge on any atom is 0.223 e. The number of aryl methyl sites for hydroxylation is 2. The highest BCUT2D eigenvalue weighted by molar-refractivity contribution is 7.15. The monoisotopic (exact) mass is 386 g/mol. The van der Waals surface area contributed by atoms with Gasteiger partial charge in [-0.25, -0.2) is 4.98 Å². The third kappa shape index (κ3) is 4.30. The predicted octanol–water partition coefficient (Wildman–Crippen LogP) is 3.55. The topological polar surface area (TPSA) is 67.4 Å². The molecule has 1 aliphatic heterocycles. The number of nitrogens with zero attached hydrogens (tertiary/aromatic N) is 3. The summed E-state index contributed by atoms with van der Waals surface area (Å²) in [5.41, 5.74) is 2.43. The lowest BCUT2D eigenvalue weighted by Crippen LogP contribution is -2.45. The lowest BCUT2D eigenvalue weighted by molar-refractivity contribution is -0.114. The average Bonchev–Trinajstić information content (AvgIpc) is 3.13. The Morgan fingerprint density at radius 2 is 2.11 bits per heavy atom. The zero-order chi connectivity index (χ0) is 19.0. The minimum Gasteiger partial charge on any atom is -0.490 e. The Morgan fingerprint density at radius 3 is 2.81 bits per heavy atom. The first-order valence-corrected chi connectivity index (χ1v) is 10.3. The van der Waals surface area contributed by atoms with Crippen molar-refractivity contribution in [2.45, 2.75) is 52.7 Å². The first kappa shape index (κ1) is 18.4. The molecule has 144 valence electrons. The van der Waals surface area contributed by atoms with Gasteiger partial charge in [0.15, 0.2) is 5.13 Å². The summed E-state index contributed by atoms with van der Waals surface area (Å²) in [5, 5.41) is 3.44. The number of likely N-dealkylation sites (tertiary alicyclic amines) is 1. The number of thiazole rings is 1. The van der Waals surface area contributed by atoms with E-state index in [1.54, 1.807) is 11.3 Å². The smallest absolute Gasteiger partial charge is 0.223 e. The van der Waals surface area contributed by atoms with Crippen LogP contribution < -0.4 is 10.1 Å². The van der Waals surface area contributed by atoms with Crippen LogP contribution >= 0.6 is 11.3 Å². The second kappa shape index (κ2) is 7.20. The Hall–Kier alpha value is -1.99. The summed E-state index contributed by atoms with van der Waals surface area (Å²) >= 11 is 1.56. The summed E-state index contributed by atoms with van der Waals surface area (Å²) in [6, 6.07) is 4.05. The van der Waals surface area contributed by atoms with Crippen LogP contribution in [0.2, 0.25) is 0 Å². The Kier molecular flexibility index (Phi) is 4.90. The molecule has 6 nitrogen and oxygen atoms in total. The summed E-state index contributed by atoms with van der Waals surface area (Å²) in [4.78, 5) is 23.5. The minimum atomic E-state index is -0.0730. The molecule has 0 radical (unpaired) electrons. The quantitative estimate of drug-likeness (QED) is 0.851. The minimum absolute atomic E-state index is 0.0730. The average molecular weight is 387 g/mol. The number of nitrogens with one attached hydrogen (secondary N) is 1. The number of carbonyl (C=O) groups excluding carboxylic acids is 1. The van der Waals surface area contributed by atoms with Gasteiger partial charge in [0.2, 0.25) is 5.91 Å². The fourth-order valence-corrected chi connectivity index (χ4v) is 5.25. The van der Waals surface area contributed by atoms with Crippen molar-refractivity contribution in [3.63, 3.8) is 0 Å². The largest absolute Gasteiger partial charge is 0.490 e. The van der Waals surface area contributed by atoms with Crippen LogP contribution in [0.15, 0.2) is 18.3 Å². The lowest BCUT2D eigenvalue weighted by atomic mass is 9.66. The summed E-state index contributed by atoms with van der Waals surface area (Å²) in [7, 11) is 0. The summed E-state index contributed by atoms with van der Waals surface area (Å²) in [6.45, 7) is 8.67. The second-order valence-corrected chi connectivity index (χ2v) is 9.12. The van der Waals surface area contributed by atoms with Crippen molar-refractivity contribution in [3.05, 3.63) is 34.6 Å². The predicted molar refractivity (Wildman–Crippen MR) is 106 cm³/mol. The number of rotatable bonds is 5. The van der Waals surface area contributed by atoms with Gasteiger partial charge < -0.3 is 10.1 Å².